The van der Waals surface area contributed by atoms with E-state index in [1.807, 2.05) is 26.8 Å². The fourth-order valence-electron chi connectivity index (χ4n) is 3.28. The Kier molecular flexibility index (Phi) is 5.82. The summed E-state index contributed by atoms with van der Waals surface area (Å²) in [6.07, 6.45) is 0.514. The first kappa shape index (κ1) is 20.3. The molecule has 3 rings (SSSR count). The highest BCUT2D eigenvalue weighted by Gasteiger charge is 2.15. The van der Waals surface area contributed by atoms with Crippen LogP contribution in [0.15, 0.2) is 42.5 Å². The molecular formula is C23H22FNO4. The van der Waals surface area contributed by atoms with E-state index in [0.29, 0.717) is 23.4 Å². The van der Waals surface area contributed by atoms with Gasteiger partial charge in [-0.05, 0) is 73.4 Å². The van der Waals surface area contributed by atoms with Crippen LogP contribution >= 0.6 is 0 Å². The van der Waals surface area contributed by atoms with Crippen molar-refractivity contribution in [3.63, 3.8) is 0 Å². The molecule has 1 heterocycles. The summed E-state index contributed by atoms with van der Waals surface area (Å²) in [6, 6.07) is 11.1. The van der Waals surface area contributed by atoms with Crippen molar-refractivity contribution in [2.24, 2.45) is 0 Å². The first-order chi connectivity index (χ1) is 13.8. The summed E-state index contributed by atoms with van der Waals surface area (Å²) in [5, 5.41) is 19.0. The molecule has 150 valence electrons. The molecule has 0 spiro atoms. The van der Waals surface area contributed by atoms with Crippen LogP contribution in [0.25, 0.3) is 11.3 Å². The Morgan fingerprint density at radius 1 is 1.10 bits per heavy atom. The van der Waals surface area contributed by atoms with Crippen LogP contribution in [0.4, 0.5) is 4.39 Å². The van der Waals surface area contributed by atoms with Gasteiger partial charge in [-0.15, -0.1) is 0 Å². The maximum absolute atomic E-state index is 13.6. The van der Waals surface area contributed by atoms with Gasteiger partial charge in [0.2, 0.25) is 0 Å². The summed E-state index contributed by atoms with van der Waals surface area (Å²) in [5.74, 6) is -0.887. The van der Waals surface area contributed by atoms with E-state index in [4.69, 9.17) is 9.84 Å². The summed E-state index contributed by atoms with van der Waals surface area (Å²) >= 11 is 0. The molecule has 0 bridgehead atoms. The molecule has 0 aliphatic carbocycles. The van der Waals surface area contributed by atoms with Crippen LogP contribution in [-0.4, -0.2) is 27.8 Å². The van der Waals surface area contributed by atoms with Crippen LogP contribution in [0, 0.1) is 26.6 Å². The SMILES string of the molecule is Cc1cc(OCC(=O)O)c(C)c(C)c1Cc1ccc(O)c(-c2cccc(F)c2)n1. The Morgan fingerprint density at radius 3 is 2.55 bits per heavy atom. The van der Waals surface area contributed by atoms with Crippen molar-refractivity contribution in [1.29, 1.82) is 0 Å². The lowest BCUT2D eigenvalue weighted by Crippen LogP contribution is -2.11. The van der Waals surface area contributed by atoms with Gasteiger partial charge in [-0.1, -0.05) is 12.1 Å². The third-order valence-corrected chi connectivity index (χ3v) is 4.95. The fraction of sp³-hybridized carbons (Fsp3) is 0.217. The smallest absolute Gasteiger partial charge is 0.341 e. The molecule has 1 aromatic heterocycles. The van der Waals surface area contributed by atoms with Crippen molar-refractivity contribution < 1.29 is 24.1 Å². The number of pyridine rings is 1. The Hall–Kier alpha value is -3.41. The number of carboxylic acids is 1. The Bertz CT molecular complexity index is 1080. The standard InChI is InChI=1S/C23H22FNO4/c1-13-9-21(29-12-22(27)28)15(3)14(2)19(13)11-18-7-8-20(26)23(25-18)16-5-4-6-17(24)10-16/h4-10,26H,11-12H2,1-3H3,(H,27,28). The van der Waals surface area contributed by atoms with Crippen LogP contribution in [0.2, 0.25) is 0 Å². The zero-order chi connectivity index (χ0) is 21.1. The van der Waals surface area contributed by atoms with E-state index >= 15 is 0 Å². The van der Waals surface area contributed by atoms with Crippen molar-refractivity contribution in [2.75, 3.05) is 6.61 Å². The number of aromatic nitrogens is 1. The number of hydrogen-bond donors (Lipinski definition) is 2. The quantitative estimate of drug-likeness (QED) is 0.639. The summed E-state index contributed by atoms with van der Waals surface area (Å²) in [7, 11) is 0. The molecule has 3 aromatic rings. The summed E-state index contributed by atoms with van der Waals surface area (Å²) in [6.45, 7) is 5.38. The van der Waals surface area contributed by atoms with E-state index in [9.17, 15) is 14.3 Å². The molecular weight excluding hydrogens is 373 g/mol. The number of benzene rings is 2. The number of nitrogens with zero attached hydrogens (tertiary/aromatic N) is 1. The summed E-state index contributed by atoms with van der Waals surface area (Å²) in [5.41, 5.74) is 5.43. The molecule has 0 saturated carbocycles. The topological polar surface area (TPSA) is 79.7 Å². The third kappa shape index (κ3) is 4.54. The minimum atomic E-state index is -1.03. The van der Waals surface area contributed by atoms with E-state index < -0.39 is 18.4 Å². The van der Waals surface area contributed by atoms with Crippen molar-refractivity contribution in [3.8, 4) is 22.8 Å². The molecule has 6 heteroatoms. The number of ether oxygens (including phenoxy) is 1. The predicted molar refractivity (Wildman–Crippen MR) is 108 cm³/mol. The van der Waals surface area contributed by atoms with Crippen LogP contribution in [0.5, 0.6) is 11.5 Å². The van der Waals surface area contributed by atoms with Gasteiger partial charge in [-0.3, -0.25) is 0 Å². The summed E-state index contributed by atoms with van der Waals surface area (Å²) < 4.78 is 19.0. The van der Waals surface area contributed by atoms with Gasteiger partial charge >= 0.3 is 5.97 Å². The lowest BCUT2D eigenvalue weighted by Gasteiger charge is -2.17. The molecule has 2 aromatic carbocycles. The monoisotopic (exact) mass is 395 g/mol. The highest BCUT2D eigenvalue weighted by atomic mass is 19.1. The van der Waals surface area contributed by atoms with Crippen LogP contribution in [0.1, 0.15) is 27.9 Å². The minimum absolute atomic E-state index is 0.0126. The number of halogens is 1. The van der Waals surface area contributed by atoms with Gasteiger partial charge in [0.05, 0.1) is 0 Å². The van der Waals surface area contributed by atoms with Crippen molar-refractivity contribution >= 4 is 5.97 Å². The van der Waals surface area contributed by atoms with Gasteiger partial charge in [0.1, 0.15) is 23.0 Å². The highest BCUT2D eigenvalue weighted by Crippen LogP contribution is 2.31. The van der Waals surface area contributed by atoms with Crippen molar-refractivity contribution in [1.82, 2.24) is 4.98 Å². The number of carboxylic acid groups (broad SMARTS) is 1. The first-order valence-electron chi connectivity index (χ1n) is 9.15. The molecule has 0 atom stereocenters. The average molecular weight is 395 g/mol. The van der Waals surface area contributed by atoms with Gasteiger partial charge in [-0.25, -0.2) is 14.2 Å². The number of hydrogen-bond acceptors (Lipinski definition) is 4. The second-order valence-corrected chi connectivity index (χ2v) is 6.96. The molecule has 0 fully saturated rings. The van der Waals surface area contributed by atoms with Crippen molar-refractivity contribution in [3.05, 3.63) is 76.2 Å². The molecule has 0 unspecified atom stereocenters. The minimum Gasteiger partial charge on any atom is -0.506 e. The number of aromatic hydroxyl groups is 1. The molecule has 0 amide bonds. The third-order valence-electron chi connectivity index (χ3n) is 4.95. The van der Waals surface area contributed by atoms with Crippen LogP contribution in [-0.2, 0) is 11.2 Å². The zero-order valence-corrected chi connectivity index (χ0v) is 16.5. The molecule has 0 saturated heterocycles. The first-order valence-corrected chi connectivity index (χ1v) is 9.15. The predicted octanol–water partition coefficient (Wildman–Crippen LogP) is 4.57. The summed E-state index contributed by atoms with van der Waals surface area (Å²) in [4.78, 5) is 15.3. The molecule has 29 heavy (non-hydrogen) atoms. The van der Waals surface area contributed by atoms with E-state index in [1.165, 1.54) is 12.1 Å². The maximum Gasteiger partial charge on any atom is 0.341 e. The molecule has 0 aliphatic heterocycles. The molecule has 0 aliphatic rings. The largest absolute Gasteiger partial charge is 0.506 e. The lowest BCUT2D eigenvalue weighted by atomic mass is 9.93. The molecule has 2 N–H and O–H groups in total. The van der Waals surface area contributed by atoms with E-state index in [2.05, 4.69) is 4.98 Å². The zero-order valence-electron chi connectivity index (χ0n) is 16.5. The highest BCUT2D eigenvalue weighted by molar-refractivity contribution is 5.69. The molecule has 5 nitrogen and oxygen atoms in total. The fourth-order valence-corrected chi connectivity index (χ4v) is 3.28. The van der Waals surface area contributed by atoms with Crippen molar-refractivity contribution in [2.45, 2.75) is 27.2 Å². The van der Waals surface area contributed by atoms with Gasteiger partial charge in [0.15, 0.2) is 6.61 Å². The number of aliphatic carboxylic acids is 1. The van der Waals surface area contributed by atoms with Gasteiger partial charge in [0, 0.05) is 17.7 Å². The normalized spacial score (nSPS) is 10.8. The molecule has 0 radical (unpaired) electrons. The second-order valence-electron chi connectivity index (χ2n) is 6.96. The number of aryl methyl sites for hydroxylation is 1. The van der Waals surface area contributed by atoms with Gasteiger partial charge < -0.3 is 14.9 Å². The second kappa shape index (κ2) is 8.31. The number of carbonyl (C=O) groups is 1. The lowest BCUT2D eigenvalue weighted by molar-refractivity contribution is -0.139. The van der Waals surface area contributed by atoms with E-state index in [-0.39, 0.29) is 5.75 Å². The Morgan fingerprint density at radius 2 is 1.86 bits per heavy atom. The van der Waals surface area contributed by atoms with Gasteiger partial charge in [-0.2, -0.15) is 0 Å². The average Bonchev–Trinajstić information content (AvgIpc) is 2.68. The maximum atomic E-state index is 13.6. The van der Waals surface area contributed by atoms with E-state index in [0.717, 1.165) is 27.9 Å². The Balaban J connectivity index is 1.95. The Labute approximate surface area is 168 Å². The number of rotatable bonds is 6. The van der Waals surface area contributed by atoms with E-state index in [1.54, 1.807) is 24.3 Å². The van der Waals surface area contributed by atoms with Gasteiger partial charge in [0.25, 0.3) is 0 Å². The van der Waals surface area contributed by atoms with Crippen LogP contribution < -0.4 is 4.74 Å². The van der Waals surface area contributed by atoms with Crippen LogP contribution in [0.3, 0.4) is 0 Å².